The second-order valence-electron chi connectivity index (χ2n) is 10.2. The Morgan fingerprint density at radius 1 is 1.04 bits per heavy atom. The van der Waals surface area contributed by atoms with Crippen LogP contribution < -0.4 is 0 Å². The minimum atomic E-state index is -2.09. The van der Waals surface area contributed by atoms with E-state index in [4.69, 9.17) is 4.43 Å². The Morgan fingerprint density at radius 3 is 1.85 bits per heavy atom. The maximum Gasteiger partial charge on any atom is 0.192 e. The maximum absolute atomic E-state index is 13.3. The summed E-state index contributed by atoms with van der Waals surface area (Å²) in [5, 5.41) is 9.77. The molecule has 0 amide bonds. The van der Waals surface area contributed by atoms with Gasteiger partial charge in [-0.2, -0.15) is 0 Å². The summed E-state index contributed by atoms with van der Waals surface area (Å²) in [6.07, 6.45) is 0.0755. The Balaban J connectivity index is 5.64. The first kappa shape index (κ1) is 25.5. The topological polar surface area (TPSA) is 63.6 Å². The molecule has 26 heavy (non-hydrogen) atoms. The van der Waals surface area contributed by atoms with Crippen LogP contribution >= 0.6 is 0 Å². The van der Waals surface area contributed by atoms with Crippen LogP contribution in [0, 0.1) is 23.2 Å². The van der Waals surface area contributed by atoms with Gasteiger partial charge in [0, 0.05) is 30.3 Å². The minimum absolute atomic E-state index is 0.0136. The highest BCUT2D eigenvalue weighted by molar-refractivity contribution is 6.74. The van der Waals surface area contributed by atoms with E-state index in [0.717, 1.165) is 0 Å². The average Bonchev–Trinajstić information content (AvgIpc) is 2.48. The number of rotatable bonds is 10. The Labute approximate surface area is 162 Å². The van der Waals surface area contributed by atoms with Crippen LogP contribution in [0.1, 0.15) is 68.7 Å². The highest BCUT2D eigenvalue weighted by Gasteiger charge is 2.45. The number of aliphatic hydroxyl groups is 1. The molecule has 0 saturated heterocycles. The van der Waals surface area contributed by atoms with E-state index in [1.54, 1.807) is 6.92 Å². The molecule has 0 unspecified atom stereocenters. The lowest BCUT2D eigenvalue weighted by molar-refractivity contribution is -0.138. The molecule has 0 aliphatic rings. The standard InChI is InChI=1S/C21H42O4Si/c1-14(13-22)18(25-26(10,11)20(5,6)7)17(4)19(24)21(8,9)15(2)12-16(3)23/h14-15,17-18,22H,12-13H2,1-11H3/t14-,15-,17+,18-/m0/s1. The number of Topliss-reactive ketones (excluding diaryl/α,β-unsaturated/α-hetero) is 2. The zero-order valence-electron chi connectivity index (χ0n) is 18.9. The normalized spacial score (nSPS) is 18.2. The number of hydrogen-bond acceptors (Lipinski definition) is 4. The molecule has 0 spiro atoms. The Hall–Kier alpha value is -0.523. The third-order valence-corrected chi connectivity index (χ3v) is 10.9. The van der Waals surface area contributed by atoms with Gasteiger partial charge in [0.2, 0.25) is 0 Å². The van der Waals surface area contributed by atoms with Gasteiger partial charge in [-0.05, 0) is 31.0 Å². The van der Waals surface area contributed by atoms with Gasteiger partial charge in [-0.1, -0.05) is 55.4 Å². The van der Waals surface area contributed by atoms with E-state index in [0.29, 0.717) is 6.42 Å². The monoisotopic (exact) mass is 386 g/mol. The van der Waals surface area contributed by atoms with Gasteiger partial charge in [0.15, 0.2) is 8.32 Å². The third-order valence-electron chi connectivity index (χ3n) is 6.45. The Kier molecular flexibility index (Phi) is 8.93. The summed E-state index contributed by atoms with van der Waals surface area (Å²) >= 11 is 0. The van der Waals surface area contributed by atoms with Crippen molar-refractivity contribution in [3.63, 3.8) is 0 Å². The van der Waals surface area contributed by atoms with Crippen LogP contribution in [0.5, 0.6) is 0 Å². The van der Waals surface area contributed by atoms with Gasteiger partial charge in [-0.15, -0.1) is 0 Å². The molecule has 5 heteroatoms. The fourth-order valence-corrected chi connectivity index (χ4v) is 4.47. The fourth-order valence-electron chi connectivity index (χ4n) is 3.00. The van der Waals surface area contributed by atoms with Gasteiger partial charge in [0.05, 0.1) is 6.10 Å². The smallest absolute Gasteiger partial charge is 0.192 e. The van der Waals surface area contributed by atoms with Crippen molar-refractivity contribution in [1.29, 1.82) is 0 Å². The summed E-state index contributed by atoms with van der Waals surface area (Å²) in [6.45, 7) is 22.1. The molecular formula is C21H42O4Si. The van der Waals surface area contributed by atoms with Crippen LogP contribution in [0.25, 0.3) is 0 Å². The number of ketones is 2. The maximum atomic E-state index is 13.3. The summed E-state index contributed by atoms with van der Waals surface area (Å²) in [6, 6.07) is 0. The second kappa shape index (κ2) is 9.11. The summed E-state index contributed by atoms with van der Waals surface area (Å²) < 4.78 is 6.59. The van der Waals surface area contributed by atoms with Gasteiger partial charge in [-0.3, -0.25) is 4.79 Å². The van der Waals surface area contributed by atoms with E-state index in [1.807, 2.05) is 34.6 Å². The molecule has 0 bridgehead atoms. The van der Waals surface area contributed by atoms with Crippen molar-refractivity contribution in [2.24, 2.45) is 23.2 Å². The lowest BCUT2D eigenvalue weighted by Crippen LogP contribution is -2.51. The van der Waals surface area contributed by atoms with Crippen molar-refractivity contribution in [1.82, 2.24) is 0 Å². The first-order chi connectivity index (χ1) is 11.5. The van der Waals surface area contributed by atoms with E-state index < -0.39 is 13.7 Å². The molecule has 4 nitrogen and oxygen atoms in total. The molecule has 0 rings (SSSR count). The van der Waals surface area contributed by atoms with Gasteiger partial charge in [0.25, 0.3) is 0 Å². The second-order valence-corrected chi connectivity index (χ2v) is 14.9. The van der Waals surface area contributed by atoms with Crippen LogP contribution in [-0.2, 0) is 14.0 Å². The molecule has 4 atom stereocenters. The van der Waals surface area contributed by atoms with Crippen molar-refractivity contribution in [3.8, 4) is 0 Å². The van der Waals surface area contributed by atoms with Crippen molar-refractivity contribution in [3.05, 3.63) is 0 Å². The van der Waals surface area contributed by atoms with Gasteiger partial charge >= 0.3 is 0 Å². The summed E-state index contributed by atoms with van der Waals surface area (Å²) in [7, 11) is -2.09. The quantitative estimate of drug-likeness (QED) is 0.545. The first-order valence-corrected chi connectivity index (χ1v) is 12.7. The molecule has 154 valence electrons. The third kappa shape index (κ3) is 6.27. The number of carbonyl (C=O) groups is 2. The summed E-state index contributed by atoms with van der Waals surface area (Å²) in [5.74, 6) is -0.287. The molecule has 1 N–H and O–H groups in total. The van der Waals surface area contributed by atoms with Crippen molar-refractivity contribution < 1.29 is 19.1 Å². The van der Waals surface area contributed by atoms with Crippen LogP contribution in [-0.4, -0.2) is 37.7 Å². The highest BCUT2D eigenvalue weighted by Crippen LogP contribution is 2.41. The van der Waals surface area contributed by atoms with E-state index in [2.05, 4.69) is 33.9 Å². The minimum Gasteiger partial charge on any atom is -0.413 e. The molecule has 0 aliphatic carbocycles. The van der Waals surface area contributed by atoms with Gasteiger partial charge in [0.1, 0.15) is 11.6 Å². The summed E-state index contributed by atoms with van der Waals surface area (Å²) in [4.78, 5) is 24.8. The number of hydrogen-bond donors (Lipinski definition) is 1. The van der Waals surface area contributed by atoms with E-state index in [9.17, 15) is 14.7 Å². The van der Waals surface area contributed by atoms with Crippen molar-refractivity contribution >= 4 is 19.9 Å². The SMILES string of the molecule is CC(=O)C[C@H](C)C(C)(C)C(=O)[C@H](C)[C@@H](O[Si](C)(C)C(C)(C)C)[C@@H](C)CO. The molecule has 0 saturated carbocycles. The molecule has 0 aromatic rings. The molecule has 0 fully saturated rings. The molecule has 0 radical (unpaired) electrons. The predicted molar refractivity (Wildman–Crippen MR) is 111 cm³/mol. The van der Waals surface area contributed by atoms with Crippen LogP contribution in [0.2, 0.25) is 18.1 Å². The average molecular weight is 387 g/mol. The number of carbonyl (C=O) groups excluding carboxylic acids is 2. The number of aliphatic hydroxyl groups excluding tert-OH is 1. The first-order valence-electron chi connectivity index (χ1n) is 9.81. The van der Waals surface area contributed by atoms with E-state index in [1.165, 1.54) is 0 Å². The van der Waals surface area contributed by atoms with E-state index in [-0.39, 0.29) is 47.1 Å². The lowest BCUT2D eigenvalue weighted by Gasteiger charge is -2.44. The Bertz CT molecular complexity index is 491. The largest absolute Gasteiger partial charge is 0.413 e. The van der Waals surface area contributed by atoms with E-state index >= 15 is 0 Å². The predicted octanol–water partition coefficient (Wildman–Crippen LogP) is 4.85. The molecule has 0 aliphatic heterocycles. The zero-order valence-corrected chi connectivity index (χ0v) is 19.9. The van der Waals surface area contributed by atoms with Crippen molar-refractivity contribution in [2.45, 2.75) is 93.0 Å². The highest BCUT2D eigenvalue weighted by atomic mass is 28.4. The Morgan fingerprint density at radius 2 is 1.50 bits per heavy atom. The van der Waals surface area contributed by atoms with Gasteiger partial charge in [-0.25, -0.2) is 0 Å². The van der Waals surface area contributed by atoms with Crippen LogP contribution in [0.3, 0.4) is 0 Å². The zero-order chi connectivity index (χ0) is 21.1. The summed E-state index contributed by atoms with van der Waals surface area (Å²) in [5.41, 5.74) is -0.616. The molecule has 0 heterocycles. The molecule has 0 aromatic heterocycles. The molecular weight excluding hydrogens is 344 g/mol. The van der Waals surface area contributed by atoms with Gasteiger partial charge < -0.3 is 14.3 Å². The van der Waals surface area contributed by atoms with Crippen LogP contribution in [0.4, 0.5) is 0 Å². The van der Waals surface area contributed by atoms with Crippen molar-refractivity contribution in [2.75, 3.05) is 6.61 Å². The molecule has 0 aromatic carbocycles. The fraction of sp³-hybridized carbons (Fsp3) is 0.905. The van der Waals surface area contributed by atoms with Crippen LogP contribution in [0.15, 0.2) is 0 Å². The lowest BCUT2D eigenvalue weighted by atomic mass is 9.69.